The zero-order valence-electron chi connectivity index (χ0n) is 17.0. The van der Waals surface area contributed by atoms with Gasteiger partial charge in [0.25, 0.3) is 5.91 Å². The van der Waals surface area contributed by atoms with Gasteiger partial charge in [-0.25, -0.2) is 14.2 Å². The molecule has 1 aromatic heterocycles. The first-order valence-electron chi connectivity index (χ1n) is 10.3. The highest BCUT2D eigenvalue weighted by molar-refractivity contribution is 5.99. The molecule has 7 nitrogen and oxygen atoms in total. The Hall–Kier alpha value is -3.47. The molecule has 3 heterocycles. The zero-order valence-corrected chi connectivity index (χ0v) is 17.0. The predicted molar refractivity (Wildman–Crippen MR) is 108 cm³/mol. The fourth-order valence-corrected chi connectivity index (χ4v) is 5.16. The van der Waals surface area contributed by atoms with Gasteiger partial charge in [-0.2, -0.15) is 5.26 Å². The Labute approximate surface area is 178 Å². The molecule has 8 heteroatoms. The van der Waals surface area contributed by atoms with E-state index in [1.807, 2.05) is 13.0 Å². The number of nitriles is 1. The second-order valence-corrected chi connectivity index (χ2v) is 8.68. The highest BCUT2D eigenvalue weighted by Crippen LogP contribution is 2.46. The molecule has 5 rings (SSSR count). The summed E-state index contributed by atoms with van der Waals surface area (Å²) in [6.45, 7) is 2.90. The predicted octanol–water partition coefficient (Wildman–Crippen LogP) is 3.03. The van der Waals surface area contributed by atoms with Gasteiger partial charge in [0, 0.05) is 24.7 Å². The van der Waals surface area contributed by atoms with Gasteiger partial charge in [0.15, 0.2) is 0 Å². The largest absolute Gasteiger partial charge is 0.441 e. The molecule has 1 unspecified atom stereocenters. The third kappa shape index (κ3) is 3.21. The Balaban J connectivity index is 1.43. The highest BCUT2D eigenvalue weighted by atomic mass is 19.1. The third-order valence-electron chi connectivity index (χ3n) is 6.68. The van der Waals surface area contributed by atoms with E-state index in [0.717, 1.165) is 16.7 Å². The van der Waals surface area contributed by atoms with Crippen LogP contribution in [0.3, 0.4) is 0 Å². The fraction of sp³-hybridized carbons (Fsp3) is 0.391. The maximum Gasteiger partial charge on any atom is 0.407 e. The first-order valence-corrected chi connectivity index (χ1v) is 10.3. The lowest BCUT2D eigenvalue weighted by atomic mass is 9.70. The number of nitrogens with zero attached hydrogens (tertiary/aromatic N) is 3. The summed E-state index contributed by atoms with van der Waals surface area (Å²) < 4.78 is 19.3. The molecule has 3 aliphatic rings. The van der Waals surface area contributed by atoms with E-state index in [1.54, 1.807) is 17.2 Å². The first-order chi connectivity index (χ1) is 14.9. The Morgan fingerprint density at radius 1 is 1.35 bits per heavy atom. The van der Waals surface area contributed by atoms with Gasteiger partial charge in [-0.05, 0) is 60.6 Å². The average molecular weight is 420 g/mol. The Morgan fingerprint density at radius 2 is 2.16 bits per heavy atom. The van der Waals surface area contributed by atoms with Crippen molar-refractivity contribution >= 4 is 12.0 Å². The minimum absolute atomic E-state index is 0.184. The summed E-state index contributed by atoms with van der Waals surface area (Å²) in [4.78, 5) is 30.6. The van der Waals surface area contributed by atoms with E-state index >= 15 is 0 Å². The lowest BCUT2D eigenvalue weighted by molar-refractivity contribution is -0.0554. The number of hydrogen-bond acceptors (Lipinski definition) is 5. The van der Waals surface area contributed by atoms with Gasteiger partial charge in [-0.3, -0.25) is 4.79 Å². The van der Waals surface area contributed by atoms with Crippen molar-refractivity contribution in [1.29, 1.82) is 5.26 Å². The van der Waals surface area contributed by atoms with Crippen LogP contribution in [-0.2, 0) is 11.2 Å². The van der Waals surface area contributed by atoms with Crippen LogP contribution in [0.2, 0.25) is 0 Å². The van der Waals surface area contributed by atoms with E-state index in [1.165, 1.54) is 12.1 Å². The number of fused-ring (bicyclic) bond motifs is 1. The second-order valence-electron chi connectivity index (χ2n) is 8.68. The Kier molecular flexibility index (Phi) is 4.43. The number of ether oxygens (including phenoxy) is 1. The van der Waals surface area contributed by atoms with Crippen LogP contribution in [0.4, 0.5) is 9.18 Å². The number of aryl methyl sites for hydroxylation is 1. The van der Waals surface area contributed by atoms with Crippen molar-refractivity contribution in [2.75, 3.05) is 13.1 Å². The molecule has 1 atom stereocenters. The SMILES string of the molecule is Cc1ccnc(C#N)c1CC1c2ccc(F)cc2C(=O)N1CC1CC2(CNC(=O)O2)C1. The number of rotatable bonds is 4. The molecule has 0 radical (unpaired) electrons. The quantitative estimate of drug-likeness (QED) is 0.820. The van der Waals surface area contributed by atoms with E-state index in [0.29, 0.717) is 43.6 Å². The van der Waals surface area contributed by atoms with E-state index in [-0.39, 0.29) is 17.9 Å². The van der Waals surface area contributed by atoms with Gasteiger partial charge in [0.2, 0.25) is 0 Å². The molecule has 2 fully saturated rings. The Morgan fingerprint density at radius 3 is 2.87 bits per heavy atom. The van der Waals surface area contributed by atoms with Gasteiger partial charge < -0.3 is 15.0 Å². The molecule has 1 aliphatic carbocycles. The summed E-state index contributed by atoms with van der Waals surface area (Å²) in [5.74, 6) is -0.472. The zero-order chi connectivity index (χ0) is 21.8. The van der Waals surface area contributed by atoms with Crippen LogP contribution in [0.15, 0.2) is 30.5 Å². The summed E-state index contributed by atoms with van der Waals surface area (Å²) in [6, 6.07) is 8.00. The molecule has 2 amide bonds. The van der Waals surface area contributed by atoms with E-state index in [4.69, 9.17) is 4.74 Å². The van der Waals surface area contributed by atoms with Crippen molar-refractivity contribution < 1.29 is 18.7 Å². The van der Waals surface area contributed by atoms with Crippen LogP contribution < -0.4 is 5.32 Å². The van der Waals surface area contributed by atoms with Crippen LogP contribution in [0.25, 0.3) is 0 Å². The molecule has 1 spiro atoms. The maximum atomic E-state index is 13.9. The van der Waals surface area contributed by atoms with Crippen LogP contribution in [-0.4, -0.2) is 40.6 Å². The number of carbonyl (C=O) groups excluding carboxylic acids is 2. The van der Waals surface area contributed by atoms with E-state index in [2.05, 4.69) is 16.4 Å². The number of aromatic nitrogens is 1. The molecule has 31 heavy (non-hydrogen) atoms. The molecule has 1 N–H and O–H groups in total. The van der Waals surface area contributed by atoms with Crippen molar-refractivity contribution in [2.45, 2.75) is 37.8 Å². The van der Waals surface area contributed by atoms with Gasteiger partial charge in [-0.1, -0.05) is 6.07 Å². The first kappa shape index (κ1) is 19.5. The van der Waals surface area contributed by atoms with Gasteiger partial charge >= 0.3 is 6.09 Å². The number of hydrogen-bond donors (Lipinski definition) is 1. The summed E-state index contributed by atoms with van der Waals surface area (Å²) in [6.07, 6.45) is 3.00. The summed E-state index contributed by atoms with van der Waals surface area (Å²) in [5.41, 5.74) is 2.74. The molecular formula is C23H21FN4O3. The smallest absolute Gasteiger partial charge is 0.407 e. The fourth-order valence-electron chi connectivity index (χ4n) is 5.16. The number of nitrogens with one attached hydrogen (secondary N) is 1. The van der Waals surface area contributed by atoms with Crippen molar-refractivity contribution in [2.24, 2.45) is 5.92 Å². The van der Waals surface area contributed by atoms with Gasteiger partial charge in [0.05, 0.1) is 12.6 Å². The third-order valence-corrected chi connectivity index (χ3v) is 6.68. The standard InChI is InChI=1S/C23H21FN4O3/c1-13-4-5-26-19(10-25)17(13)7-20-16-3-2-15(24)6-18(16)21(29)28(20)11-14-8-23(9-14)12-27-22(30)31-23/h2-6,14,20H,7-9,11-12H2,1H3,(H,27,30). The highest BCUT2D eigenvalue weighted by Gasteiger charge is 2.52. The van der Waals surface area contributed by atoms with Crippen LogP contribution in [0.1, 0.15) is 51.6 Å². The van der Waals surface area contributed by atoms with E-state index in [9.17, 15) is 19.2 Å². The topological polar surface area (TPSA) is 95.3 Å². The van der Waals surface area contributed by atoms with Crippen molar-refractivity contribution in [3.63, 3.8) is 0 Å². The molecule has 158 valence electrons. The minimum atomic E-state index is -0.465. The molecular weight excluding hydrogens is 399 g/mol. The van der Waals surface area contributed by atoms with Gasteiger partial charge in [0.1, 0.15) is 23.2 Å². The number of carbonyl (C=O) groups is 2. The molecule has 2 aliphatic heterocycles. The molecule has 2 aromatic rings. The Bertz CT molecular complexity index is 1140. The van der Waals surface area contributed by atoms with Crippen molar-refractivity contribution in [1.82, 2.24) is 15.2 Å². The molecule has 0 bridgehead atoms. The summed E-state index contributed by atoms with van der Waals surface area (Å²) in [7, 11) is 0. The molecule has 1 saturated heterocycles. The number of halogens is 1. The number of amides is 2. The minimum Gasteiger partial charge on any atom is -0.441 e. The van der Waals surface area contributed by atoms with E-state index < -0.39 is 17.5 Å². The average Bonchev–Trinajstić information content (AvgIpc) is 3.22. The normalized spacial score (nSPS) is 26.3. The van der Waals surface area contributed by atoms with Crippen molar-refractivity contribution in [3.05, 3.63) is 64.2 Å². The number of alkyl carbamates (subject to hydrolysis) is 1. The lowest BCUT2D eigenvalue weighted by Gasteiger charge is -2.44. The molecule has 1 saturated carbocycles. The lowest BCUT2D eigenvalue weighted by Crippen LogP contribution is -2.51. The van der Waals surface area contributed by atoms with Crippen molar-refractivity contribution in [3.8, 4) is 6.07 Å². The monoisotopic (exact) mass is 420 g/mol. The molecule has 1 aromatic carbocycles. The maximum absolute atomic E-state index is 13.9. The summed E-state index contributed by atoms with van der Waals surface area (Å²) in [5, 5.41) is 12.2. The van der Waals surface area contributed by atoms with Crippen LogP contribution in [0.5, 0.6) is 0 Å². The number of pyridine rings is 1. The van der Waals surface area contributed by atoms with Crippen LogP contribution >= 0.6 is 0 Å². The van der Waals surface area contributed by atoms with Crippen LogP contribution in [0, 0.1) is 30.0 Å². The van der Waals surface area contributed by atoms with Gasteiger partial charge in [-0.15, -0.1) is 0 Å². The summed E-state index contributed by atoms with van der Waals surface area (Å²) >= 11 is 0. The number of benzene rings is 1. The second kappa shape index (κ2) is 7.05.